The highest BCUT2D eigenvalue weighted by molar-refractivity contribution is 14.1. The third-order valence-electron chi connectivity index (χ3n) is 2.90. The predicted molar refractivity (Wildman–Crippen MR) is 87.2 cm³/mol. The molecule has 1 heterocycles. The number of halogens is 2. The fourth-order valence-corrected chi connectivity index (χ4v) is 3.98. The van der Waals surface area contributed by atoms with Gasteiger partial charge < -0.3 is 9.64 Å². The highest BCUT2D eigenvalue weighted by atomic mass is 127. The van der Waals surface area contributed by atoms with E-state index in [1.54, 1.807) is 4.90 Å². The van der Waals surface area contributed by atoms with Crippen molar-refractivity contribution in [3.63, 3.8) is 0 Å². The second-order valence-electron chi connectivity index (χ2n) is 5.68. The van der Waals surface area contributed by atoms with Gasteiger partial charge in [-0.1, -0.05) is 15.9 Å². The lowest BCUT2D eigenvalue weighted by Gasteiger charge is -2.31. The van der Waals surface area contributed by atoms with E-state index in [0.717, 1.165) is 17.4 Å². The molecule has 3 nitrogen and oxygen atoms in total. The Morgan fingerprint density at radius 2 is 2.11 bits per heavy atom. The summed E-state index contributed by atoms with van der Waals surface area (Å²) >= 11 is 5.86. The van der Waals surface area contributed by atoms with Crippen LogP contribution in [0.2, 0.25) is 0 Å². The molecule has 0 aliphatic carbocycles. The summed E-state index contributed by atoms with van der Waals surface area (Å²) in [6.45, 7) is 7.02. The normalized spacial score (nSPS) is 15.1. The summed E-state index contributed by atoms with van der Waals surface area (Å²) in [7, 11) is 0. The molecule has 1 aromatic rings. The van der Waals surface area contributed by atoms with Crippen LogP contribution in [0, 0.1) is 3.57 Å². The predicted octanol–water partition coefficient (Wildman–Crippen LogP) is 4.35. The van der Waals surface area contributed by atoms with Crippen molar-refractivity contribution in [1.29, 1.82) is 0 Å². The maximum absolute atomic E-state index is 12.1. The number of hydrogen-bond acceptors (Lipinski definition) is 2. The number of carbonyl (C=O) groups is 1. The third-order valence-corrected chi connectivity index (χ3v) is 4.32. The van der Waals surface area contributed by atoms with Crippen LogP contribution >= 0.6 is 38.5 Å². The number of carbonyl (C=O) groups excluding carboxylic acids is 1. The summed E-state index contributed by atoms with van der Waals surface area (Å²) < 4.78 is 7.74. The summed E-state index contributed by atoms with van der Waals surface area (Å²) in [5.74, 6) is 0. The molecule has 0 unspecified atom stereocenters. The van der Waals surface area contributed by atoms with Crippen molar-refractivity contribution >= 4 is 44.6 Å². The molecule has 0 atom stereocenters. The maximum atomic E-state index is 12.1. The van der Waals surface area contributed by atoms with E-state index < -0.39 is 5.60 Å². The lowest BCUT2D eigenvalue weighted by atomic mass is 10.0. The van der Waals surface area contributed by atoms with Crippen LogP contribution in [0.5, 0.6) is 0 Å². The molecule has 0 N–H and O–H groups in total. The van der Waals surface area contributed by atoms with Gasteiger partial charge in [-0.15, -0.1) is 0 Å². The standard InChI is InChI=1S/C14H17BrINO2/c1-14(2,3)19-13(18)17-5-4-11-9(8-17)6-10(15)7-12(11)16/h6-7H,4-5,8H2,1-3H3. The van der Waals surface area contributed by atoms with Gasteiger partial charge >= 0.3 is 6.09 Å². The lowest BCUT2D eigenvalue weighted by molar-refractivity contribution is 0.0223. The van der Waals surface area contributed by atoms with Gasteiger partial charge in [-0.2, -0.15) is 0 Å². The number of hydrogen-bond donors (Lipinski definition) is 0. The van der Waals surface area contributed by atoms with E-state index in [-0.39, 0.29) is 6.09 Å². The molecule has 0 bridgehead atoms. The average molecular weight is 438 g/mol. The van der Waals surface area contributed by atoms with E-state index >= 15 is 0 Å². The zero-order valence-corrected chi connectivity index (χ0v) is 15.0. The lowest BCUT2D eigenvalue weighted by Crippen LogP contribution is -2.40. The fraction of sp³-hybridized carbons (Fsp3) is 0.500. The van der Waals surface area contributed by atoms with Gasteiger partial charge in [0.05, 0.1) is 0 Å². The highest BCUT2D eigenvalue weighted by Crippen LogP contribution is 2.28. The smallest absolute Gasteiger partial charge is 0.410 e. The van der Waals surface area contributed by atoms with Gasteiger partial charge in [0.25, 0.3) is 0 Å². The molecule has 0 radical (unpaired) electrons. The Morgan fingerprint density at radius 3 is 2.74 bits per heavy atom. The summed E-state index contributed by atoms with van der Waals surface area (Å²) in [6.07, 6.45) is 0.660. The Bertz CT molecular complexity index is 511. The summed E-state index contributed by atoms with van der Waals surface area (Å²) in [4.78, 5) is 13.9. The van der Waals surface area contributed by atoms with Crippen molar-refractivity contribution < 1.29 is 9.53 Å². The molecule has 2 rings (SSSR count). The van der Waals surface area contributed by atoms with E-state index in [2.05, 4.69) is 50.7 Å². The quantitative estimate of drug-likeness (QED) is 0.565. The van der Waals surface area contributed by atoms with Crippen LogP contribution in [0.25, 0.3) is 0 Å². The molecule has 104 valence electrons. The molecule has 1 amide bonds. The molecule has 1 aliphatic heterocycles. The van der Waals surface area contributed by atoms with Crippen LogP contribution in [0.15, 0.2) is 16.6 Å². The molecule has 5 heteroatoms. The van der Waals surface area contributed by atoms with Gasteiger partial charge in [0.1, 0.15) is 5.60 Å². The molecular weight excluding hydrogens is 421 g/mol. The Kier molecular flexibility index (Phi) is 4.45. The van der Waals surface area contributed by atoms with E-state index in [4.69, 9.17) is 4.74 Å². The molecule has 0 fully saturated rings. The van der Waals surface area contributed by atoms with Gasteiger partial charge in [-0.3, -0.25) is 0 Å². The number of fused-ring (bicyclic) bond motifs is 1. The van der Waals surface area contributed by atoms with Gasteiger partial charge in [-0.05, 0) is 73.0 Å². The average Bonchev–Trinajstić information content (AvgIpc) is 2.25. The molecule has 0 saturated heterocycles. The Labute approximate surface area is 136 Å². The Hall–Kier alpha value is -0.300. The van der Waals surface area contributed by atoms with Gasteiger partial charge in [-0.25, -0.2) is 4.79 Å². The number of rotatable bonds is 0. The van der Waals surface area contributed by atoms with Gasteiger partial charge in [0.2, 0.25) is 0 Å². The monoisotopic (exact) mass is 437 g/mol. The molecular formula is C14H17BrINO2. The largest absolute Gasteiger partial charge is 0.444 e. The summed E-state index contributed by atoms with van der Waals surface area (Å²) in [5.41, 5.74) is 2.11. The first kappa shape index (κ1) is 15.1. The van der Waals surface area contributed by atoms with Crippen molar-refractivity contribution in [2.24, 2.45) is 0 Å². The number of amides is 1. The molecule has 19 heavy (non-hydrogen) atoms. The van der Waals surface area contributed by atoms with Crippen molar-refractivity contribution in [3.8, 4) is 0 Å². The zero-order chi connectivity index (χ0) is 14.2. The van der Waals surface area contributed by atoms with Gasteiger partial charge in [0, 0.05) is 21.1 Å². The van der Waals surface area contributed by atoms with Crippen LogP contribution < -0.4 is 0 Å². The summed E-state index contributed by atoms with van der Waals surface area (Å²) in [5, 5.41) is 0. The Morgan fingerprint density at radius 1 is 1.42 bits per heavy atom. The van der Waals surface area contributed by atoms with Crippen molar-refractivity contribution in [3.05, 3.63) is 31.3 Å². The minimum atomic E-state index is -0.441. The van der Waals surface area contributed by atoms with Crippen LogP contribution in [0.1, 0.15) is 31.9 Å². The van der Waals surface area contributed by atoms with E-state index in [1.807, 2.05) is 20.8 Å². The third kappa shape index (κ3) is 3.84. The van der Waals surface area contributed by atoms with E-state index in [9.17, 15) is 4.79 Å². The Balaban J connectivity index is 2.16. The first-order valence-corrected chi connectivity index (χ1v) is 8.08. The molecule has 0 spiro atoms. The first-order valence-electron chi connectivity index (χ1n) is 6.21. The minimum Gasteiger partial charge on any atom is -0.444 e. The van der Waals surface area contributed by atoms with Crippen LogP contribution in [0.4, 0.5) is 4.79 Å². The van der Waals surface area contributed by atoms with E-state index in [1.165, 1.54) is 14.7 Å². The van der Waals surface area contributed by atoms with Crippen molar-refractivity contribution in [2.75, 3.05) is 6.54 Å². The number of nitrogens with zero attached hydrogens (tertiary/aromatic N) is 1. The minimum absolute atomic E-state index is 0.229. The van der Waals surface area contributed by atoms with Crippen LogP contribution in [-0.4, -0.2) is 23.1 Å². The second-order valence-corrected chi connectivity index (χ2v) is 7.76. The number of ether oxygens (including phenoxy) is 1. The number of benzene rings is 1. The fourth-order valence-electron chi connectivity index (χ4n) is 2.09. The van der Waals surface area contributed by atoms with E-state index in [0.29, 0.717) is 6.54 Å². The SMILES string of the molecule is CC(C)(C)OC(=O)N1CCc2c(I)cc(Br)cc2C1. The second kappa shape index (κ2) is 5.60. The van der Waals surface area contributed by atoms with Crippen molar-refractivity contribution in [1.82, 2.24) is 4.90 Å². The van der Waals surface area contributed by atoms with Crippen LogP contribution in [0.3, 0.4) is 0 Å². The van der Waals surface area contributed by atoms with Crippen LogP contribution in [-0.2, 0) is 17.7 Å². The first-order chi connectivity index (χ1) is 8.76. The summed E-state index contributed by atoms with van der Waals surface area (Å²) in [6, 6.07) is 4.20. The topological polar surface area (TPSA) is 29.5 Å². The molecule has 1 aliphatic rings. The molecule has 0 saturated carbocycles. The molecule has 1 aromatic carbocycles. The molecule has 0 aromatic heterocycles. The maximum Gasteiger partial charge on any atom is 0.410 e. The van der Waals surface area contributed by atoms with Crippen molar-refractivity contribution in [2.45, 2.75) is 39.3 Å². The van der Waals surface area contributed by atoms with Gasteiger partial charge in [0.15, 0.2) is 0 Å². The highest BCUT2D eigenvalue weighted by Gasteiger charge is 2.26. The zero-order valence-electron chi connectivity index (χ0n) is 11.3.